The normalized spacial score (nSPS) is 20.5. The van der Waals surface area contributed by atoms with E-state index < -0.39 is 30.1 Å². The SMILES string of the molecule is CN(C(=O)C1CCN(C(=O)O)CC1)[C@@H](c1ccc(N[C@H]2Cc3ccccc3C2(C)C)cn1)C(F)(F)F. The molecule has 0 spiro atoms. The Kier molecular flexibility index (Phi) is 6.90. The van der Waals surface area contributed by atoms with Crippen molar-refractivity contribution in [3.8, 4) is 0 Å². The van der Waals surface area contributed by atoms with Gasteiger partial charge >= 0.3 is 12.3 Å². The number of hydrogen-bond acceptors (Lipinski definition) is 4. The van der Waals surface area contributed by atoms with E-state index in [1.54, 1.807) is 6.07 Å². The molecular formula is C26H31F3N4O3. The maximum Gasteiger partial charge on any atom is 0.414 e. The molecule has 4 rings (SSSR count). The third-order valence-corrected chi connectivity index (χ3v) is 7.57. The highest BCUT2D eigenvalue weighted by Gasteiger charge is 2.47. The number of piperidine rings is 1. The van der Waals surface area contributed by atoms with Gasteiger partial charge in [-0.25, -0.2) is 4.79 Å². The summed E-state index contributed by atoms with van der Waals surface area (Å²) in [7, 11) is 1.14. The molecule has 10 heteroatoms. The van der Waals surface area contributed by atoms with E-state index >= 15 is 0 Å². The number of carbonyl (C=O) groups is 2. The van der Waals surface area contributed by atoms with E-state index in [1.165, 1.54) is 28.3 Å². The van der Waals surface area contributed by atoms with Gasteiger partial charge in [-0.2, -0.15) is 13.2 Å². The molecule has 2 heterocycles. The molecule has 0 unspecified atom stereocenters. The highest BCUT2D eigenvalue weighted by atomic mass is 19.4. The number of pyridine rings is 1. The largest absolute Gasteiger partial charge is 0.465 e. The lowest BCUT2D eigenvalue weighted by atomic mass is 9.83. The Morgan fingerprint density at radius 2 is 1.83 bits per heavy atom. The molecule has 0 radical (unpaired) electrons. The molecule has 2 aromatic rings. The third kappa shape index (κ3) is 4.99. The van der Waals surface area contributed by atoms with Gasteiger partial charge in [0.2, 0.25) is 5.91 Å². The molecule has 7 nitrogen and oxygen atoms in total. The van der Waals surface area contributed by atoms with Gasteiger partial charge in [0, 0.05) is 37.5 Å². The van der Waals surface area contributed by atoms with Crippen LogP contribution in [0.1, 0.15) is 49.6 Å². The van der Waals surface area contributed by atoms with Gasteiger partial charge in [0.1, 0.15) is 0 Å². The van der Waals surface area contributed by atoms with Crippen LogP contribution in [0.3, 0.4) is 0 Å². The quantitative estimate of drug-likeness (QED) is 0.608. The number of likely N-dealkylation sites (tertiary alicyclic amines) is 1. The number of amides is 2. The van der Waals surface area contributed by atoms with E-state index in [9.17, 15) is 22.8 Å². The number of carboxylic acid groups (broad SMARTS) is 1. The fraction of sp³-hybridized carbons (Fsp3) is 0.500. The van der Waals surface area contributed by atoms with Gasteiger partial charge in [-0.05, 0) is 42.5 Å². The lowest BCUT2D eigenvalue weighted by Crippen LogP contribution is -2.46. The van der Waals surface area contributed by atoms with Gasteiger partial charge in [-0.15, -0.1) is 0 Å². The summed E-state index contributed by atoms with van der Waals surface area (Å²) in [6.45, 7) is 4.52. The number of benzene rings is 1. The Balaban J connectivity index is 1.47. The Morgan fingerprint density at radius 3 is 2.39 bits per heavy atom. The predicted molar refractivity (Wildman–Crippen MR) is 129 cm³/mol. The standard InChI is InChI=1S/C26H31F3N4O3/c1-25(2)19-7-5-4-6-17(19)14-21(25)31-18-8-9-20(30-15-18)22(26(27,28)29)32(3)23(34)16-10-12-33(13-11-16)24(35)36/h4-9,15-16,21-22,31H,10-14H2,1-3H3,(H,35,36)/t21-,22-/m0/s1. The minimum atomic E-state index is -4.72. The monoisotopic (exact) mass is 504 g/mol. The van der Waals surface area contributed by atoms with E-state index in [-0.39, 0.29) is 43.1 Å². The van der Waals surface area contributed by atoms with Gasteiger partial charge in [0.25, 0.3) is 0 Å². The number of hydrogen-bond donors (Lipinski definition) is 2. The van der Waals surface area contributed by atoms with Gasteiger partial charge in [-0.3, -0.25) is 9.78 Å². The highest BCUT2D eigenvalue weighted by Crippen LogP contribution is 2.41. The van der Waals surface area contributed by atoms with E-state index in [4.69, 9.17) is 5.11 Å². The van der Waals surface area contributed by atoms with Gasteiger partial charge < -0.3 is 20.2 Å². The first-order valence-electron chi connectivity index (χ1n) is 12.0. The molecule has 1 aromatic heterocycles. The molecule has 2 atom stereocenters. The van der Waals surface area contributed by atoms with Crippen molar-refractivity contribution in [3.05, 3.63) is 59.4 Å². The fourth-order valence-corrected chi connectivity index (χ4v) is 5.39. The second-order valence-electron chi connectivity index (χ2n) is 10.2. The minimum Gasteiger partial charge on any atom is -0.465 e. The first-order chi connectivity index (χ1) is 16.9. The second kappa shape index (κ2) is 9.63. The maximum absolute atomic E-state index is 14.1. The van der Waals surface area contributed by atoms with Crippen LogP contribution in [0.2, 0.25) is 0 Å². The molecule has 1 saturated heterocycles. The first-order valence-corrected chi connectivity index (χ1v) is 12.0. The van der Waals surface area contributed by atoms with Crippen LogP contribution < -0.4 is 5.32 Å². The van der Waals surface area contributed by atoms with Crippen LogP contribution in [-0.2, 0) is 16.6 Å². The van der Waals surface area contributed by atoms with E-state index in [2.05, 4.69) is 36.3 Å². The average molecular weight is 505 g/mol. The number of carbonyl (C=O) groups excluding carboxylic acids is 1. The summed E-state index contributed by atoms with van der Waals surface area (Å²) in [6.07, 6.45) is -3.25. The van der Waals surface area contributed by atoms with Crippen molar-refractivity contribution in [3.63, 3.8) is 0 Å². The Hall–Kier alpha value is -3.30. The van der Waals surface area contributed by atoms with Crippen LogP contribution >= 0.6 is 0 Å². The maximum atomic E-state index is 14.1. The van der Waals surface area contributed by atoms with Crippen molar-refractivity contribution in [2.45, 2.75) is 56.8 Å². The molecule has 36 heavy (non-hydrogen) atoms. The third-order valence-electron chi connectivity index (χ3n) is 7.57. The van der Waals surface area contributed by atoms with Crippen molar-refractivity contribution < 1.29 is 27.9 Å². The molecule has 1 aliphatic heterocycles. The highest BCUT2D eigenvalue weighted by molar-refractivity contribution is 5.79. The molecule has 1 fully saturated rings. The zero-order valence-corrected chi connectivity index (χ0v) is 20.5. The topological polar surface area (TPSA) is 85.8 Å². The van der Waals surface area contributed by atoms with Gasteiger partial charge in [-0.1, -0.05) is 38.1 Å². The van der Waals surface area contributed by atoms with Crippen LogP contribution in [0.25, 0.3) is 0 Å². The second-order valence-corrected chi connectivity index (χ2v) is 10.2. The van der Waals surface area contributed by atoms with Crippen LogP contribution in [-0.4, -0.2) is 64.2 Å². The molecule has 0 saturated carbocycles. The number of alkyl halides is 3. The Labute approximate surface area is 208 Å². The van der Waals surface area contributed by atoms with Crippen molar-refractivity contribution >= 4 is 17.7 Å². The molecule has 1 aliphatic carbocycles. The Bertz CT molecular complexity index is 1110. The molecule has 0 bridgehead atoms. The lowest BCUT2D eigenvalue weighted by molar-refractivity contribution is -0.191. The van der Waals surface area contributed by atoms with E-state index in [0.717, 1.165) is 13.5 Å². The summed E-state index contributed by atoms with van der Waals surface area (Å²) in [5.74, 6) is -1.32. The Morgan fingerprint density at radius 1 is 1.17 bits per heavy atom. The van der Waals surface area contributed by atoms with Crippen LogP contribution in [0.5, 0.6) is 0 Å². The molecular weight excluding hydrogens is 473 g/mol. The number of nitrogens with one attached hydrogen (secondary N) is 1. The lowest BCUT2D eigenvalue weighted by Gasteiger charge is -2.35. The summed E-state index contributed by atoms with van der Waals surface area (Å²) >= 11 is 0. The minimum absolute atomic E-state index is 0.0573. The van der Waals surface area contributed by atoms with Crippen molar-refractivity contribution in [1.29, 1.82) is 0 Å². The summed E-state index contributed by atoms with van der Waals surface area (Å²) < 4.78 is 42.3. The molecule has 194 valence electrons. The summed E-state index contributed by atoms with van der Waals surface area (Å²) in [6, 6.07) is 8.94. The smallest absolute Gasteiger partial charge is 0.414 e. The number of anilines is 1. The number of aromatic nitrogens is 1. The first kappa shape index (κ1) is 25.8. The van der Waals surface area contributed by atoms with Gasteiger partial charge in [0.05, 0.1) is 17.6 Å². The molecule has 2 aliphatic rings. The van der Waals surface area contributed by atoms with E-state index in [0.29, 0.717) is 10.6 Å². The molecule has 2 N–H and O–H groups in total. The molecule has 1 aromatic carbocycles. The average Bonchev–Trinajstić information content (AvgIpc) is 3.08. The molecule has 2 amide bonds. The number of rotatable bonds is 5. The van der Waals surface area contributed by atoms with Crippen LogP contribution in [0.15, 0.2) is 42.6 Å². The summed E-state index contributed by atoms with van der Waals surface area (Å²) in [5.41, 5.74) is 2.68. The van der Waals surface area contributed by atoms with Crippen molar-refractivity contribution in [2.75, 3.05) is 25.5 Å². The van der Waals surface area contributed by atoms with Crippen molar-refractivity contribution in [2.24, 2.45) is 5.92 Å². The summed E-state index contributed by atoms with van der Waals surface area (Å²) in [4.78, 5) is 30.0. The van der Waals surface area contributed by atoms with Crippen molar-refractivity contribution in [1.82, 2.24) is 14.8 Å². The zero-order chi connectivity index (χ0) is 26.3. The number of fused-ring (bicyclic) bond motifs is 1. The summed E-state index contributed by atoms with van der Waals surface area (Å²) in [5, 5.41) is 12.5. The van der Waals surface area contributed by atoms with Crippen LogP contribution in [0, 0.1) is 5.92 Å². The predicted octanol–water partition coefficient (Wildman–Crippen LogP) is 4.85. The van der Waals surface area contributed by atoms with Gasteiger partial charge in [0.15, 0.2) is 6.04 Å². The van der Waals surface area contributed by atoms with E-state index in [1.807, 2.05) is 12.1 Å². The zero-order valence-electron chi connectivity index (χ0n) is 20.5. The fourth-order valence-electron chi connectivity index (χ4n) is 5.39. The van der Waals surface area contributed by atoms with Crippen LogP contribution in [0.4, 0.5) is 23.7 Å². The number of nitrogens with zero attached hydrogens (tertiary/aromatic N) is 3. The number of halogens is 3.